The summed E-state index contributed by atoms with van der Waals surface area (Å²) < 4.78 is 1.45. The van der Waals surface area contributed by atoms with E-state index in [2.05, 4.69) is 9.97 Å². The van der Waals surface area contributed by atoms with E-state index in [0.29, 0.717) is 5.52 Å². The van der Waals surface area contributed by atoms with E-state index < -0.39 is 11.5 Å². The van der Waals surface area contributed by atoms with Crippen LogP contribution in [0.2, 0.25) is 0 Å². The normalized spacial score (nSPS) is 10.9. The maximum atomic E-state index is 11.8. The van der Waals surface area contributed by atoms with E-state index in [-0.39, 0.29) is 11.2 Å². The summed E-state index contributed by atoms with van der Waals surface area (Å²) in [5.74, 6) is -1.24. The zero-order valence-corrected chi connectivity index (χ0v) is 9.07. The first-order chi connectivity index (χ1) is 8.68. The molecule has 0 saturated heterocycles. The van der Waals surface area contributed by atoms with E-state index in [0.717, 1.165) is 5.39 Å². The van der Waals surface area contributed by atoms with Gasteiger partial charge in [0, 0.05) is 11.6 Å². The Balaban J connectivity index is 2.66. The number of carboxylic acid groups (broad SMARTS) is 1. The molecule has 0 radical (unpaired) electrons. The maximum absolute atomic E-state index is 11.8. The summed E-state index contributed by atoms with van der Waals surface area (Å²) in [5, 5.41) is 9.74. The first-order valence-corrected chi connectivity index (χ1v) is 5.17. The fourth-order valence-corrected chi connectivity index (χ4v) is 1.90. The van der Waals surface area contributed by atoms with Gasteiger partial charge in [-0.05, 0) is 6.07 Å². The smallest absolute Gasteiger partial charge is 0.356 e. The average Bonchev–Trinajstić information content (AvgIpc) is 2.75. The Bertz CT molecular complexity index is 839. The Labute approximate surface area is 100 Å². The predicted molar refractivity (Wildman–Crippen MR) is 63.7 cm³/mol. The summed E-state index contributed by atoms with van der Waals surface area (Å²) in [7, 11) is 0. The van der Waals surface area contributed by atoms with Crippen LogP contribution in [0.4, 0.5) is 0 Å². The SMILES string of the molecule is O=C(O)c1ncn2c1c(=O)ncc1ccccc12. The Kier molecular flexibility index (Phi) is 2.09. The molecule has 2 heterocycles. The van der Waals surface area contributed by atoms with Gasteiger partial charge in [0.25, 0.3) is 5.56 Å². The third-order valence-electron chi connectivity index (χ3n) is 2.69. The Morgan fingerprint density at radius 3 is 2.78 bits per heavy atom. The molecule has 0 fully saturated rings. The van der Waals surface area contributed by atoms with Gasteiger partial charge in [0.2, 0.25) is 0 Å². The van der Waals surface area contributed by atoms with Crippen molar-refractivity contribution < 1.29 is 9.90 Å². The Hall–Kier alpha value is -2.76. The van der Waals surface area contributed by atoms with Gasteiger partial charge in [-0.3, -0.25) is 9.20 Å². The molecule has 0 aliphatic heterocycles. The monoisotopic (exact) mass is 241 g/mol. The molecule has 1 aromatic carbocycles. The molecule has 6 heteroatoms. The summed E-state index contributed by atoms with van der Waals surface area (Å²) in [6.07, 6.45) is 2.75. The van der Waals surface area contributed by atoms with Crippen LogP contribution in [-0.2, 0) is 0 Å². The molecule has 0 atom stereocenters. The summed E-state index contributed by atoms with van der Waals surface area (Å²) >= 11 is 0. The van der Waals surface area contributed by atoms with Crippen molar-refractivity contribution in [3.05, 3.63) is 52.8 Å². The van der Waals surface area contributed by atoms with Crippen LogP contribution in [0, 0.1) is 0 Å². The molecule has 88 valence electrons. The van der Waals surface area contributed by atoms with Gasteiger partial charge in [0.05, 0.1) is 5.52 Å². The van der Waals surface area contributed by atoms with Crippen LogP contribution in [0.5, 0.6) is 0 Å². The molecule has 1 N–H and O–H groups in total. The van der Waals surface area contributed by atoms with Gasteiger partial charge < -0.3 is 5.11 Å². The number of benzene rings is 1. The number of rotatable bonds is 1. The molecule has 0 bridgehead atoms. The van der Waals surface area contributed by atoms with Crippen LogP contribution in [0.1, 0.15) is 10.5 Å². The highest BCUT2D eigenvalue weighted by atomic mass is 16.4. The lowest BCUT2D eigenvalue weighted by molar-refractivity contribution is 0.0693. The van der Waals surface area contributed by atoms with E-state index >= 15 is 0 Å². The Morgan fingerprint density at radius 1 is 1.22 bits per heavy atom. The highest BCUT2D eigenvalue weighted by molar-refractivity contribution is 5.94. The van der Waals surface area contributed by atoms with E-state index in [4.69, 9.17) is 5.11 Å². The fourth-order valence-electron chi connectivity index (χ4n) is 1.90. The molecule has 0 saturated carbocycles. The fraction of sp³-hybridized carbons (Fsp3) is 0. The second kappa shape index (κ2) is 3.63. The van der Waals surface area contributed by atoms with Gasteiger partial charge in [0.15, 0.2) is 5.69 Å². The number of aromatic carboxylic acids is 1. The van der Waals surface area contributed by atoms with Gasteiger partial charge in [0.1, 0.15) is 11.8 Å². The zero-order valence-electron chi connectivity index (χ0n) is 9.07. The van der Waals surface area contributed by atoms with Gasteiger partial charge in [-0.1, -0.05) is 18.2 Å². The molecule has 0 aliphatic rings. The number of para-hydroxylation sites is 1. The molecule has 3 rings (SSSR count). The van der Waals surface area contributed by atoms with E-state index in [1.807, 2.05) is 6.07 Å². The van der Waals surface area contributed by atoms with Gasteiger partial charge in [-0.25, -0.2) is 14.8 Å². The van der Waals surface area contributed by atoms with Crippen molar-refractivity contribution >= 4 is 22.4 Å². The second-order valence-corrected chi connectivity index (χ2v) is 3.74. The van der Waals surface area contributed by atoms with E-state index in [1.165, 1.54) is 16.9 Å². The lowest BCUT2D eigenvalue weighted by Gasteiger charge is -1.93. The summed E-state index contributed by atoms with van der Waals surface area (Å²) in [4.78, 5) is 30.4. The molecule has 3 aromatic rings. The van der Waals surface area contributed by atoms with E-state index in [1.54, 1.807) is 18.2 Å². The quantitative estimate of drug-likeness (QED) is 0.685. The molecular formula is C12H7N3O3. The van der Waals surface area contributed by atoms with Crippen LogP contribution in [0.25, 0.3) is 16.4 Å². The molecule has 0 aliphatic carbocycles. The van der Waals surface area contributed by atoms with Crippen LogP contribution >= 0.6 is 0 Å². The maximum Gasteiger partial charge on any atom is 0.356 e. The van der Waals surface area contributed by atoms with Crippen molar-refractivity contribution in [2.45, 2.75) is 0 Å². The molecule has 0 spiro atoms. The largest absolute Gasteiger partial charge is 0.476 e. The highest BCUT2D eigenvalue weighted by Crippen LogP contribution is 2.13. The molecule has 2 aromatic heterocycles. The lowest BCUT2D eigenvalue weighted by atomic mass is 10.2. The molecule has 18 heavy (non-hydrogen) atoms. The molecule has 0 unspecified atom stereocenters. The summed E-state index contributed by atoms with van der Waals surface area (Å²) in [6, 6.07) is 7.18. The van der Waals surface area contributed by atoms with Crippen molar-refractivity contribution in [1.82, 2.24) is 14.4 Å². The van der Waals surface area contributed by atoms with Crippen molar-refractivity contribution in [2.75, 3.05) is 0 Å². The number of hydrogen-bond donors (Lipinski definition) is 1. The zero-order chi connectivity index (χ0) is 12.7. The number of carboxylic acids is 1. The standard InChI is InChI=1S/C12H7N3O3/c16-11-10-9(12(17)18)14-6-15(10)8-4-2-1-3-7(8)5-13-11/h1-6H,(H,17,18). The molecular weight excluding hydrogens is 234 g/mol. The summed E-state index contributed by atoms with van der Waals surface area (Å²) in [5.41, 5.74) is -0.235. The third-order valence-corrected chi connectivity index (χ3v) is 2.69. The molecule has 0 amide bonds. The minimum Gasteiger partial charge on any atom is -0.476 e. The number of carbonyl (C=O) groups is 1. The van der Waals surface area contributed by atoms with Crippen LogP contribution in [0.3, 0.4) is 0 Å². The van der Waals surface area contributed by atoms with Crippen molar-refractivity contribution in [1.29, 1.82) is 0 Å². The van der Waals surface area contributed by atoms with Crippen molar-refractivity contribution in [2.24, 2.45) is 0 Å². The topological polar surface area (TPSA) is 84.6 Å². The number of nitrogens with zero attached hydrogens (tertiary/aromatic N) is 3. The van der Waals surface area contributed by atoms with Crippen LogP contribution in [-0.4, -0.2) is 25.4 Å². The van der Waals surface area contributed by atoms with Gasteiger partial charge in [-0.15, -0.1) is 0 Å². The minimum absolute atomic E-state index is 0.0244. The predicted octanol–water partition coefficient (Wildman–Crippen LogP) is 0.941. The Morgan fingerprint density at radius 2 is 2.00 bits per heavy atom. The minimum atomic E-state index is -1.24. The van der Waals surface area contributed by atoms with Crippen LogP contribution in [0.15, 0.2) is 41.6 Å². The first-order valence-electron chi connectivity index (χ1n) is 5.17. The number of imidazole rings is 1. The summed E-state index contributed by atoms with van der Waals surface area (Å²) in [6.45, 7) is 0. The van der Waals surface area contributed by atoms with Gasteiger partial charge >= 0.3 is 5.97 Å². The number of aromatic nitrogens is 3. The van der Waals surface area contributed by atoms with Crippen molar-refractivity contribution in [3.63, 3.8) is 0 Å². The van der Waals surface area contributed by atoms with Gasteiger partial charge in [-0.2, -0.15) is 0 Å². The first kappa shape index (κ1) is 10.4. The number of fused-ring (bicyclic) bond motifs is 3. The van der Waals surface area contributed by atoms with Crippen LogP contribution < -0.4 is 5.56 Å². The van der Waals surface area contributed by atoms with E-state index in [9.17, 15) is 9.59 Å². The second-order valence-electron chi connectivity index (χ2n) is 3.74. The average molecular weight is 241 g/mol. The molecule has 6 nitrogen and oxygen atoms in total. The number of hydrogen-bond acceptors (Lipinski definition) is 4. The lowest BCUT2D eigenvalue weighted by Crippen LogP contribution is -2.08. The van der Waals surface area contributed by atoms with Crippen molar-refractivity contribution in [3.8, 4) is 0 Å². The third kappa shape index (κ3) is 1.36. The highest BCUT2D eigenvalue weighted by Gasteiger charge is 2.15.